The lowest BCUT2D eigenvalue weighted by Crippen LogP contribution is -2.47. The van der Waals surface area contributed by atoms with E-state index in [9.17, 15) is 14.9 Å². The summed E-state index contributed by atoms with van der Waals surface area (Å²) >= 11 is 1.44. The van der Waals surface area contributed by atoms with E-state index in [1.54, 1.807) is 7.05 Å². The minimum absolute atomic E-state index is 0.0413. The Morgan fingerprint density at radius 3 is 2.45 bits per heavy atom. The molecule has 1 aromatic rings. The molecule has 1 amide bonds. The molecule has 1 aromatic carbocycles. The average Bonchev–Trinajstić information content (AvgIpc) is 2.73. The Kier molecular flexibility index (Phi) is 3.67. The van der Waals surface area contributed by atoms with E-state index in [0.717, 1.165) is 0 Å². The van der Waals surface area contributed by atoms with Gasteiger partial charge in [-0.3, -0.25) is 25.3 Å². The molecule has 8 heteroatoms. The molecule has 1 aliphatic rings. The van der Waals surface area contributed by atoms with Crippen molar-refractivity contribution in [1.82, 2.24) is 10.4 Å². The van der Waals surface area contributed by atoms with Gasteiger partial charge in [0.15, 0.2) is 5.17 Å². The molecule has 20 heavy (non-hydrogen) atoms. The third kappa shape index (κ3) is 2.60. The van der Waals surface area contributed by atoms with E-state index in [1.165, 1.54) is 41.0 Å². The number of nitrogens with one attached hydrogen (secondary N) is 1. The van der Waals surface area contributed by atoms with Crippen LogP contribution < -0.4 is 5.43 Å². The SMILES string of the molecule is CN=C1NN(C(=O)c2ccc([N+](=O)[O-])cc2)C(C)(C)S1. The fourth-order valence-electron chi connectivity index (χ4n) is 1.78. The summed E-state index contributed by atoms with van der Waals surface area (Å²) < 4.78 is 0. The lowest BCUT2D eigenvalue weighted by Gasteiger charge is -2.28. The number of amides is 1. The van der Waals surface area contributed by atoms with Gasteiger partial charge in [0.1, 0.15) is 4.87 Å². The topological polar surface area (TPSA) is 87.8 Å². The number of nitro groups is 1. The lowest BCUT2D eigenvalue weighted by atomic mass is 10.2. The molecule has 7 nitrogen and oxygen atoms in total. The van der Waals surface area contributed by atoms with Crippen LogP contribution in [0.3, 0.4) is 0 Å². The molecule has 1 saturated heterocycles. The first-order valence-electron chi connectivity index (χ1n) is 5.86. The monoisotopic (exact) mass is 294 g/mol. The van der Waals surface area contributed by atoms with Gasteiger partial charge in [-0.2, -0.15) is 0 Å². The summed E-state index contributed by atoms with van der Waals surface area (Å²) in [5.74, 6) is -0.254. The summed E-state index contributed by atoms with van der Waals surface area (Å²) in [5, 5.41) is 12.7. The molecule has 2 rings (SSSR count). The van der Waals surface area contributed by atoms with Gasteiger partial charge in [0.05, 0.1) is 4.92 Å². The first-order chi connectivity index (χ1) is 9.35. The number of hydrogen-bond donors (Lipinski definition) is 1. The number of amidine groups is 1. The van der Waals surface area contributed by atoms with Crippen LogP contribution in [-0.4, -0.2) is 32.9 Å². The maximum Gasteiger partial charge on any atom is 0.273 e. The Morgan fingerprint density at radius 1 is 1.40 bits per heavy atom. The normalized spacial score (nSPS) is 18.9. The van der Waals surface area contributed by atoms with Gasteiger partial charge in [0.2, 0.25) is 0 Å². The highest BCUT2D eigenvalue weighted by molar-refractivity contribution is 8.15. The fourth-order valence-corrected chi connectivity index (χ4v) is 2.70. The van der Waals surface area contributed by atoms with Crippen molar-refractivity contribution in [3.05, 3.63) is 39.9 Å². The summed E-state index contributed by atoms with van der Waals surface area (Å²) in [7, 11) is 1.64. The zero-order chi connectivity index (χ0) is 14.9. The van der Waals surface area contributed by atoms with E-state index in [2.05, 4.69) is 10.4 Å². The first-order valence-corrected chi connectivity index (χ1v) is 6.68. The average molecular weight is 294 g/mol. The molecule has 0 spiro atoms. The number of carbonyl (C=O) groups is 1. The van der Waals surface area contributed by atoms with Crippen LogP contribution in [0.1, 0.15) is 24.2 Å². The second-order valence-electron chi connectivity index (χ2n) is 4.63. The number of hydrazine groups is 1. The Bertz CT molecular complexity index is 583. The molecule has 1 fully saturated rings. The van der Waals surface area contributed by atoms with Crippen molar-refractivity contribution in [2.24, 2.45) is 4.99 Å². The van der Waals surface area contributed by atoms with Crippen molar-refractivity contribution in [1.29, 1.82) is 0 Å². The lowest BCUT2D eigenvalue weighted by molar-refractivity contribution is -0.384. The van der Waals surface area contributed by atoms with Crippen LogP contribution in [0.2, 0.25) is 0 Å². The quantitative estimate of drug-likeness (QED) is 0.666. The van der Waals surface area contributed by atoms with Crippen LogP contribution in [0.15, 0.2) is 29.3 Å². The van der Waals surface area contributed by atoms with Crippen LogP contribution in [0.25, 0.3) is 0 Å². The Morgan fingerprint density at radius 2 is 2.00 bits per heavy atom. The van der Waals surface area contributed by atoms with Gasteiger partial charge >= 0.3 is 0 Å². The van der Waals surface area contributed by atoms with E-state index >= 15 is 0 Å². The van der Waals surface area contributed by atoms with Gasteiger partial charge < -0.3 is 0 Å². The number of nitro benzene ring substituents is 1. The van der Waals surface area contributed by atoms with Crippen molar-refractivity contribution >= 4 is 28.5 Å². The highest BCUT2D eigenvalue weighted by atomic mass is 32.2. The molecule has 0 bridgehead atoms. The molecule has 1 N–H and O–H groups in total. The maximum atomic E-state index is 12.4. The zero-order valence-corrected chi connectivity index (χ0v) is 12.1. The number of rotatable bonds is 2. The van der Waals surface area contributed by atoms with E-state index in [4.69, 9.17) is 0 Å². The maximum absolute atomic E-state index is 12.4. The van der Waals surface area contributed by atoms with Gasteiger partial charge in [-0.15, -0.1) is 0 Å². The van der Waals surface area contributed by atoms with Crippen molar-refractivity contribution in [3.8, 4) is 0 Å². The Labute approximate surface area is 120 Å². The molecule has 0 saturated carbocycles. The van der Waals surface area contributed by atoms with Gasteiger partial charge in [-0.1, -0.05) is 11.8 Å². The van der Waals surface area contributed by atoms with Gasteiger partial charge in [0.25, 0.3) is 11.6 Å². The summed E-state index contributed by atoms with van der Waals surface area (Å²) in [6.45, 7) is 3.79. The highest BCUT2D eigenvalue weighted by Crippen LogP contribution is 2.34. The summed E-state index contributed by atoms with van der Waals surface area (Å²) in [6.07, 6.45) is 0. The Balaban J connectivity index is 2.25. The number of carbonyl (C=O) groups excluding carboxylic acids is 1. The molecule has 106 valence electrons. The first kappa shape index (κ1) is 14.3. The van der Waals surface area contributed by atoms with Crippen LogP contribution in [0.4, 0.5) is 5.69 Å². The van der Waals surface area contributed by atoms with Crippen molar-refractivity contribution < 1.29 is 9.72 Å². The van der Waals surface area contributed by atoms with Crippen LogP contribution in [0.5, 0.6) is 0 Å². The highest BCUT2D eigenvalue weighted by Gasteiger charge is 2.40. The summed E-state index contributed by atoms with van der Waals surface area (Å²) in [4.78, 5) is 26.1. The molecule has 0 unspecified atom stereocenters. The molecule has 1 heterocycles. The summed E-state index contributed by atoms with van der Waals surface area (Å²) in [6, 6.07) is 5.53. The van der Waals surface area contributed by atoms with E-state index in [0.29, 0.717) is 10.7 Å². The molecule has 0 atom stereocenters. The van der Waals surface area contributed by atoms with Gasteiger partial charge in [0, 0.05) is 24.7 Å². The molecule has 0 radical (unpaired) electrons. The zero-order valence-electron chi connectivity index (χ0n) is 11.3. The fraction of sp³-hybridized carbons (Fsp3) is 0.333. The molecular weight excluding hydrogens is 280 g/mol. The minimum atomic E-state index is -0.496. The number of aliphatic imine (C=N–C) groups is 1. The van der Waals surface area contributed by atoms with E-state index < -0.39 is 9.79 Å². The molecule has 0 aliphatic carbocycles. The van der Waals surface area contributed by atoms with Crippen molar-refractivity contribution in [2.45, 2.75) is 18.7 Å². The van der Waals surface area contributed by atoms with Crippen molar-refractivity contribution in [3.63, 3.8) is 0 Å². The molecular formula is C12H14N4O3S. The third-order valence-corrected chi connectivity index (χ3v) is 3.97. The van der Waals surface area contributed by atoms with Crippen LogP contribution in [-0.2, 0) is 0 Å². The van der Waals surface area contributed by atoms with Gasteiger partial charge in [-0.05, 0) is 26.0 Å². The number of non-ortho nitro benzene ring substituents is 1. The smallest absolute Gasteiger partial charge is 0.272 e. The van der Waals surface area contributed by atoms with Crippen LogP contribution >= 0.6 is 11.8 Å². The summed E-state index contributed by atoms with van der Waals surface area (Å²) in [5.41, 5.74) is 3.27. The second-order valence-corrected chi connectivity index (χ2v) is 6.22. The Hall–Kier alpha value is -2.09. The largest absolute Gasteiger partial charge is 0.273 e. The minimum Gasteiger partial charge on any atom is -0.272 e. The van der Waals surface area contributed by atoms with Crippen LogP contribution in [0, 0.1) is 10.1 Å². The number of hydrogen-bond acceptors (Lipinski definition) is 5. The van der Waals surface area contributed by atoms with Gasteiger partial charge in [-0.25, -0.2) is 5.01 Å². The molecule has 1 aliphatic heterocycles. The predicted octanol–water partition coefficient (Wildman–Crippen LogP) is 2.01. The van der Waals surface area contributed by atoms with Crippen molar-refractivity contribution in [2.75, 3.05) is 7.05 Å². The number of nitrogens with zero attached hydrogens (tertiary/aromatic N) is 3. The third-order valence-electron chi connectivity index (χ3n) is 2.82. The molecule has 0 aromatic heterocycles. The van der Waals surface area contributed by atoms with E-state index in [1.807, 2.05) is 13.8 Å². The second kappa shape index (κ2) is 5.12. The predicted molar refractivity (Wildman–Crippen MR) is 77.4 cm³/mol. The number of benzene rings is 1. The standard InChI is InChI=1S/C12H14N4O3S/c1-12(2)15(14-11(13-3)20-12)10(17)8-4-6-9(7-5-8)16(18)19/h4-7H,1-3H3,(H,13,14). The van der Waals surface area contributed by atoms with E-state index in [-0.39, 0.29) is 11.6 Å². The number of thioether (sulfide) groups is 1.